The van der Waals surface area contributed by atoms with Crippen LogP contribution in [0.15, 0.2) is 55.1 Å². The SMILES string of the molecule is Cc1cc(F)c2c(c1)[C@H](N(C(=O)c1ccncc1O)[C@@H](C(N)=O)c1cccnc1)CC2. The van der Waals surface area contributed by atoms with Crippen molar-refractivity contribution in [2.45, 2.75) is 31.8 Å². The van der Waals surface area contributed by atoms with E-state index in [0.717, 1.165) is 6.20 Å². The van der Waals surface area contributed by atoms with Gasteiger partial charge < -0.3 is 15.7 Å². The summed E-state index contributed by atoms with van der Waals surface area (Å²) in [6, 6.07) is 6.18. The quantitative estimate of drug-likeness (QED) is 0.660. The summed E-state index contributed by atoms with van der Waals surface area (Å²) < 4.78 is 14.6. The number of carbonyl (C=O) groups excluding carboxylic acids is 2. The number of aromatic nitrogens is 2. The smallest absolute Gasteiger partial charge is 0.259 e. The third kappa shape index (κ3) is 3.72. The molecule has 3 aromatic rings. The van der Waals surface area contributed by atoms with Crippen molar-refractivity contribution < 1.29 is 19.1 Å². The topological polar surface area (TPSA) is 109 Å². The lowest BCUT2D eigenvalue weighted by molar-refractivity contribution is -0.123. The number of primary amides is 1. The van der Waals surface area contributed by atoms with Crippen LogP contribution in [0.1, 0.15) is 51.1 Å². The van der Waals surface area contributed by atoms with E-state index in [-0.39, 0.29) is 17.1 Å². The second-order valence-corrected chi connectivity index (χ2v) is 7.57. The number of hydrogen-bond donors (Lipinski definition) is 2. The maximum Gasteiger partial charge on any atom is 0.259 e. The van der Waals surface area contributed by atoms with Crippen LogP contribution in [0.25, 0.3) is 0 Å². The van der Waals surface area contributed by atoms with E-state index in [1.807, 2.05) is 6.07 Å². The molecule has 0 saturated heterocycles. The highest BCUT2D eigenvalue weighted by Crippen LogP contribution is 2.42. The third-order valence-electron chi connectivity index (χ3n) is 5.55. The van der Waals surface area contributed by atoms with Gasteiger partial charge in [-0.3, -0.25) is 19.6 Å². The number of aryl methyl sites for hydroxylation is 1. The molecule has 31 heavy (non-hydrogen) atoms. The number of nitrogens with zero attached hydrogens (tertiary/aromatic N) is 3. The van der Waals surface area contributed by atoms with Gasteiger partial charge >= 0.3 is 0 Å². The highest BCUT2D eigenvalue weighted by Gasteiger charge is 2.41. The van der Waals surface area contributed by atoms with Crippen LogP contribution in [0.4, 0.5) is 4.39 Å². The molecule has 4 rings (SSSR count). The van der Waals surface area contributed by atoms with E-state index in [0.29, 0.717) is 35.1 Å². The Morgan fingerprint density at radius 3 is 2.68 bits per heavy atom. The molecule has 0 bridgehead atoms. The normalized spacial score (nSPS) is 15.9. The predicted molar refractivity (Wildman–Crippen MR) is 110 cm³/mol. The van der Waals surface area contributed by atoms with E-state index in [1.165, 1.54) is 29.4 Å². The van der Waals surface area contributed by atoms with Crippen molar-refractivity contribution in [1.82, 2.24) is 14.9 Å². The second kappa shape index (κ2) is 8.14. The number of halogens is 1. The summed E-state index contributed by atoms with van der Waals surface area (Å²) in [5, 5.41) is 10.2. The molecule has 2 heterocycles. The summed E-state index contributed by atoms with van der Waals surface area (Å²) >= 11 is 0. The molecule has 1 aromatic carbocycles. The molecule has 0 saturated carbocycles. The van der Waals surface area contributed by atoms with Gasteiger partial charge in [0, 0.05) is 24.2 Å². The van der Waals surface area contributed by atoms with Crippen molar-refractivity contribution in [3.8, 4) is 5.75 Å². The Morgan fingerprint density at radius 1 is 1.23 bits per heavy atom. The molecule has 0 spiro atoms. The Labute approximate surface area is 178 Å². The molecule has 0 aliphatic heterocycles. The summed E-state index contributed by atoms with van der Waals surface area (Å²) in [6.45, 7) is 1.77. The molecule has 1 aliphatic rings. The Kier molecular flexibility index (Phi) is 5.37. The minimum Gasteiger partial charge on any atom is -0.505 e. The van der Waals surface area contributed by atoms with Gasteiger partial charge in [-0.1, -0.05) is 12.1 Å². The summed E-state index contributed by atoms with van der Waals surface area (Å²) in [7, 11) is 0. The maximum absolute atomic E-state index is 14.6. The first kappa shape index (κ1) is 20.5. The molecule has 2 atom stereocenters. The fraction of sp³-hybridized carbons (Fsp3) is 0.217. The summed E-state index contributed by atoms with van der Waals surface area (Å²) in [6.07, 6.45) is 6.37. The number of amides is 2. The lowest BCUT2D eigenvalue weighted by Crippen LogP contribution is -2.43. The lowest BCUT2D eigenvalue weighted by Gasteiger charge is -2.35. The monoisotopic (exact) mass is 420 g/mol. The van der Waals surface area contributed by atoms with Gasteiger partial charge in [-0.25, -0.2) is 4.39 Å². The number of pyridine rings is 2. The molecule has 7 nitrogen and oxygen atoms in total. The second-order valence-electron chi connectivity index (χ2n) is 7.57. The molecule has 0 unspecified atom stereocenters. The van der Waals surface area contributed by atoms with Crippen LogP contribution < -0.4 is 5.73 Å². The number of carbonyl (C=O) groups is 2. The first-order valence-electron chi connectivity index (χ1n) is 9.82. The van der Waals surface area contributed by atoms with Gasteiger partial charge in [0.1, 0.15) is 17.6 Å². The summed E-state index contributed by atoms with van der Waals surface area (Å²) in [4.78, 5) is 35.5. The van der Waals surface area contributed by atoms with E-state index in [4.69, 9.17) is 5.73 Å². The average molecular weight is 420 g/mol. The Morgan fingerprint density at radius 2 is 2.00 bits per heavy atom. The van der Waals surface area contributed by atoms with E-state index >= 15 is 0 Å². The molecule has 0 radical (unpaired) electrons. The molecule has 1 aliphatic carbocycles. The minimum absolute atomic E-state index is 0.0216. The van der Waals surface area contributed by atoms with Gasteiger partial charge in [0.25, 0.3) is 5.91 Å². The zero-order valence-corrected chi connectivity index (χ0v) is 16.8. The number of fused-ring (bicyclic) bond motifs is 1. The Bertz CT molecular complexity index is 1150. The van der Waals surface area contributed by atoms with Crippen molar-refractivity contribution in [1.29, 1.82) is 0 Å². The fourth-order valence-electron chi connectivity index (χ4n) is 4.23. The van der Waals surface area contributed by atoms with Crippen LogP contribution in [-0.2, 0) is 11.2 Å². The lowest BCUT2D eigenvalue weighted by atomic mass is 9.98. The van der Waals surface area contributed by atoms with Crippen LogP contribution in [0.3, 0.4) is 0 Å². The zero-order chi connectivity index (χ0) is 22.1. The fourth-order valence-corrected chi connectivity index (χ4v) is 4.23. The van der Waals surface area contributed by atoms with Gasteiger partial charge in [0.2, 0.25) is 5.91 Å². The van der Waals surface area contributed by atoms with E-state index in [2.05, 4.69) is 9.97 Å². The van der Waals surface area contributed by atoms with Crippen molar-refractivity contribution in [3.05, 3.63) is 88.8 Å². The molecule has 3 N–H and O–H groups in total. The number of nitrogens with two attached hydrogens (primary N) is 1. The first-order valence-corrected chi connectivity index (χ1v) is 9.82. The number of aromatic hydroxyl groups is 1. The number of hydrogen-bond acceptors (Lipinski definition) is 5. The molecule has 0 fully saturated rings. The van der Waals surface area contributed by atoms with Gasteiger partial charge in [0.15, 0.2) is 0 Å². The van der Waals surface area contributed by atoms with Gasteiger partial charge in [0.05, 0.1) is 17.8 Å². The molecular weight excluding hydrogens is 399 g/mol. The van der Waals surface area contributed by atoms with Crippen LogP contribution in [-0.4, -0.2) is 31.8 Å². The summed E-state index contributed by atoms with van der Waals surface area (Å²) in [5.41, 5.74) is 8.03. The van der Waals surface area contributed by atoms with Gasteiger partial charge in [-0.05, 0) is 54.7 Å². The highest BCUT2D eigenvalue weighted by molar-refractivity contribution is 5.99. The molecule has 2 amide bonds. The standard InChI is InChI=1S/C23H21FN4O3/c1-13-9-17-15(18(24)10-13)4-5-19(17)28(23(31)16-6-8-27-12-20(16)29)21(22(25)30)14-3-2-7-26-11-14/h2-3,6-12,19,21,29H,4-5H2,1H3,(H2,25,30)/t19-,21-/m1/s1. The third-order valence-corrected chi connectivity index (χ3v) is 5.55. The molecule has 2 aromatic heterocycles. The Balaban J connectivity index is 1.90. The molecule has 158 valence electrons. The highest BCUT2D eigenvalue weighted by atomic mass is 19.1. The minimum atomic E-state index is -1.16. The number of benzene rings is 1. The van der Waals surface area contributed by atoms with E-state index in [9.17, 15) is 19.1 Å². The van der Waals surface area contributed by atoms with Crippen LogP contribution >= 0.6 is 0 Å². The van der Waals surface area contributed by atoms with Crippen molar-refractivity contribution in [2.75, 3.05) is 0 Å². The zero-order valence-electron chi connectivity index (χ0n) is 16.8. The Hall–Kier alpha value is -3.81. The van der Waals surface area contributed by atoms with Crippen LogP contribution in [0.5, 0.6) is 5.75 Å². The summed E-state index contributed by atoms with van der Waals surface area (Å²) in [5.74, 6) is -2.02. The van der Waals surface area contributed by atoms with E-state index in [1.54, 1.807) is 25.3 Å². The van der Waals surface area contributed by atoms with Crippen molar-refractivity contribution in [3.63, 3.8) is 0 Å². The largest absolute Gasteiger partial charge is 0.505 e. The molecule has 8 heteroatoms. The van der Waals surface area contributed by atoms with Gasteiger partial charge in [-0.15, -0.1) is 0 Å². The first-order chi connectivity index (χ1) is 14.9. The van der Waals surface area contributed by atoms with E-state index < -0.39 is 23.9 Å². The predicted octanol–water partition coefficient (Wildman–Crippen LogP) is 2.99. The van der Waals surface area contributed by atoms with Crippen LogP contribution in [0, 0.1) is 12.7 Å². The maximum atomic E-state index is 14.6. The average Bonchev–Trinajstić information content (AvgIpc) is 3.16. The van der Waals surface area contributed by atoms with Crippen molar-refractivity contribution in [2.24, 2.45) is 5.73 Å². The number of rotatable bonds is 5. The van der Waals surface area contributed by atoms with Crippen LogP contribution in [0.2, 0.25) is 0 Å². The van der Waals surface area contributed by atoms with Gasteiger partial charge in [-0.2, -0.15) is 0 Å². The van der Waals surface area contributed by atoms with Crippen molar-refractivity contribution >= 4 is 11.8 Å². The molecular formula is C23H21FN4O3.